The van der Waals surface area contributed by atoms with E-state index in [2.05, 4.69) is 25.7 Å². The SMILES string of the molecule is Cc1ccc(C(C#N)O[Si](C)(C)C)cc1. The molecule has 0 spiro atoms. The van der Waals surface area contributed by atoms with Crippen molar-refractivity contribution in [2.24, 2.45) is 0 Å². The van der Waals surface area contributed by atoms with Gasteiger partial charge in [0.05, 0.1) is 6.07 Å². The van der Waals surface area contributed by atoms with Crippen molar-refractivity contribution in [3.05, 3.63) is 35.4 Å². The molecular weight excluding hydrogens is 202 g/mol. The van der Waals surface area contributed by atoms with E-state index in [9.17, 15) is 0 Å². The first kappa shape index (κ1) is 12.0. The molecular formula is C12H17NOSi. The van der Waals surface area contributed by atoms with E-state index in [1.165, 1.54) is 5.56 Å². The third-order valence-electron chi connectivity index (χ3n) is 1.97. The monoisotopic (exact) mass is 219 g/mol. The fourth-order valence-corrected chi connectivity index (χ4v) is 2.16. The standard InChI is InChI=1S/C12H17NOSi/c1-10-5-7-11(8-6-10)12(9-13)14-15(2,3)4/h5-8,12H,1-4H3. The quantitative estimate of drug-likeness (QED) is 0.730. The maximum Gasteiger partial charge on any atom is 0.186 e. The molecule has 2 nitrogen and oxygen atoms in total. The molecule has 0 aliphatic rings. The lowest BCUT2D eigenvalue weighted by Crippen LogP contribution is -2.27. The van der Waals surface area contributed by atoms with Crippen molar-refractivity contribution in [1.29, 1.82) is 5.26 Å². The number of rotatable bonds is 3. The molecule has 0 aromatic heterocycles. The fraction of sp³-hybridized carbons (Fsp3) is 0.417. The van der Waals surface area contributed by atoms with Crippen LogP contribution >= 0.6 is 0 Å². The largest absolute Gasteiger partial charge is 0.399 e. The molecule has 1 unspecified atom stereocenters. The van der Waals surface area contributed by atoms with E-state index in [4.69, 9.17) is 9.69 Å². The summed E-state index contributed by atoms with van der Waals surface area (Å²) < 4.78 is 5.79. The summed E-state index contributed by atoms with van der Waals surface area (Å²) in [5.41, 5.74) is 2.15. The summed E-state index contributed by atoms with van der Waals surface area (Å²) in [6.45, 7) is 8.30. The Hall–Kier alpha value is -1.11. The summed E-state index contributed by atoms with van der Waals surface area (Å²) in [5, 5.41) is 9.06. The highest BCUT2D eigenvalue weighted by Crippen LogP contribution is 2.21. The van der Waals surface area contributed by atoms with Gasteiger partial charge in [-0.25, -0.2) is 0 Å². The van der Waals surface area contributed by atoms with Crippen LogP contribution in [0.15, 0.2) is 24.3 Å². The molecule has 1 atom stereocenters. The zero-order valence-electron chi connectivity index (χ0n) is 9.74. The van der Waals surface area contributed by atoms with Crippen LogP contribution < -0.4 is 0 Å². The van der Waals surface area contributed by atoms with E-state index in [-0.39, 0.29) is 0 Å². The average molecular weight is 219 g/mol. The molecule has 80 valence electrons. The summed E-state index contributed by atoms with van der Waals surface area (Å²) in [6.07, 6.45) is -0.419. The van der Waals surface area contributed by atoms with Crippen LogP contribution in [0.4, 0.5) is 0 Å². The molecule has 3 heteroatoms. The maximum atomic E-state index is 9.06. The van der Waals surface area contributed by atoms with Gasteiger partial charge in [0, 0.05) is 0 Å². The molecule has 0 saturated carbocycles. The van der Waals surface area contributed by atoms with Gasteiger partial charge in [-0.15, -0.1) is 0 Å². The van der Waals surface area contributed by atoms with E-state index < -0.39 is 14.4 Å². The van der Waals surface area contributed by atoms with Gasteiger partial charge in [0.1, 0.15) is 0 Å². The second-order valence-electron chi connectivity index (χ2n) is 4.65. The van der Waals surface area contributed by atoms with Crippen LogP contribution in [0.25, 0.3) is 0 Å². The van der Waals surface area contributed by atoms with Crippen LogP contribution in [-0.2, 0) is 4.43 Å². The van der Waals surface area contributed by atoms with Crippen molar-refractivity contribution < 1.29 is 4.43 Å². The number of aryl methyl sites for hydroxylation is 1. The summed E-state index contributed by atoms with van der Waals surface area (Å²) in [5.74, 6) is 0. The third-order valence-corrected chi connectivity index (χ3v) is 2.91. The van der Waals surface area contributed by atoms with Gasteiger partial charge in [0.15, 0.2) is 14.4 Å². The molecule has 1 aromatic carbocycles. The van der Waals surface area contributed by atoms with Gasteiger partial charge in [0.25, 0.3) is 0 Å². The smallest absolute Gasteiger partial charge is 0.186 e. The number of benzene rings is 1. The second-order valence-corrected chi connectivity index (χ2v) is 9.11. The van der Waals surface area contributed by atoms with Gasteiger partial charge in [-0.2, -0.15) is 5.26 Å². The Morgan fingerprint density at radius 3 is 2.13 bits per heavy atom. The van der Waals surface area contributed by atoms with Gasteiger partial charge >= 0.3 is 0 Å². The lowest BCUT2D eigenvalue weighted by Gasteiger charge is -2.21. The minimum atomic E-state index is -1.66. The zero-order valence-corrected chi connectivity index (χ0v) is 10.7. The third kappa shape index (κ3) is 3.86. The van der Waals surface area contributed by atoms with Gasteiger partial charge in [-0.1, -0.05) is 29.8 Å². The van der Waals surface area contributed by atoms with E-state index >= 15 is 0 Å². The Morgan fingerprint density at radius 1 is 1.20 bits per heavy atom. The minimum Gasteiger partial charge on any atom is -0.399 e. The van der Waals surface area contributed by atoms with Crippen LogP contribution in [-0.4, -0.2) is 8.32 Å². The van der Waals surface area contributed by atoms with Crippen molar-refractivity contribution in [1.82, 2.24) is 0 Å². The van der Waals surface area contributed by atoms with Crippen LogP contribution in [0, 0.1) is 18.3 Å². The van der Waals surface area contributed by atoms with E-state index in [1.54, 1.807) is 0 Å². The topological polar surface area (TPSA) is 33.0 Å². The Balaban J connectivity index is 2.85. The van der Waals surface area contributed by atoms with Gasteiger partial charge in [-0.05, 0) is 32.1 Å². The molecule has 0 aliphatic carbocycles. The maximum absolute atomic E-state index is 9.06. The van der Waals surface area contributed by atoms with Crippen LogP contribution in [0.1, 0.15) is 17.2 Å². The van der Waals surface area contributed by atoms with E-state index in [1.807, 2.05) is 31.2 Å². The Morgan fingerprint density at radius 2 is 1.73 bits per heavy atom. The normalized spacial score (nSPS) is 13.3. The summed E-state index contributed by atoms with van der Waals surface area (Å²) in [7, 11) is -1.66. The highest BCUT2D eigenvalue weighted by atomic mass is 28.4. The Labute approximate surface area is 92.6 Å². The first-order valence-electron chi connectivity index (χ1n) is 5.06. The van der Waals surface area contributed by atoms with Crippen molar-refractivity contribution in [2.45, 2.75) is 32.7 Å². The summed E-state index contributed by atoms with van der Waals surface area (Å²) in [4.78, 5) is 0. The van der Waals surface area contributed by atoms with E-state index in [0.29, 0.717) is 0 Å². The predicted molar refractivity (Wildman–Crippen MR) is 64.0 cm³/mol. The molecule has 0 fully saturated rings. The molecule has 0 radical (unpaired) electrons. The molecule has 0 bridgehead atoms. The van der Waals surface area contributed by atoms with Crippen molar-refractivity contribution >= 4 is 8.32 Å². The molecule has 1 rings (SSSR count). The van der Waals surface area contributed by atoms with Crippen molar-refractivity contribution in [3.63, 3.8) is 0 Å². The first-order chi connectivity index (χ1) is 6.92. The highest BCUT2D eigenvalue weighted by molar-refractivity contribution is 6.69. The first-order valence-corrected chi connectivity index (χ1v) is 8.47. The molecule has 15 heavy (non-hydrogen) atoms. The predicted octanol–water partition coefficient (Wildman–Crippen LogP) is 3.41. The summed E-state index contributed by atoms with van der Waals surface area (Å²) in [6, 6.07) is 10.1. The van der Waals surface area contributed by atoms with E-state index in [0.717, 1.165) is 5.56 Å². The molecule has 0 saturated heterocycles. The van der Waals surface area contributed by atoms with Crippen LogP contribution in [0.2, 0.25) is 19.6 Å². The lowest BCUT2D eigenvalue weighted by molar-refractivity contribution is 0.255. The molecule has 0 aliphatic heterocycles. The number of nitriles is 1. The summed E-state index contributed by atoms with van der Waals surface area (Å²) >= 11 is 0. The molecule has 0 N–H and O–H groups in total. The van der Waals surface area contributed by atoms with Crippen LogP contribution in [0.3, 0.4) is 0 Å². The zero-order chi connectivity index (χ0) is 11.5. The average Bonchev–Trinajstić information content (AvgIpc) is 2.14. The number of hydrogen-bond donors (Lipinski definition) is 0. The second kappa shape index (κ2) is 4.60. The van der Waals surface area contributed by atoms with Crippen molar-refractivity contribution in [2.75, 3.05) is 0 Å². The molecule has 0 amide bonds. The van der Waals surface area contributed by atoms with Gasteiger partial charge in [0.2, 0.25) is 0 Å². The molecule has 1 aromatic rings. The minimum absolute atomic E-state index is 0.419. The lowest BCUT2D eigenvalue weighted by atomic mass is 10.1. The Bertz CT molecular complexity index is 359. The van der Waals surface area contributed by atoms with Crippen molar-refractivity contribution in [3.8, 4) is 6.07 Å². The highest BCUT2D eigenvalue weighted by Gasteiger charge is 2.21. The number of hydrogen-bond acceptors (Lipinski definition) is 2. The van der Waals surface area contributed by atoms with Gasteiger partial charge < -0.3 is 4.43 Å². The van der Waals surface area contributed by atoms with Crippen LogP contribution in [0.5, 0.6) is 0 Å². The molecule has 0 heterocycles. The number of nitrogens with zero attached hydrogens (tertiary/aromatic N) is 1. The van der Waals surface area contributed by atoms with Gasteiger partial charge in [-0.3, -0.25) is 0 Å². The fourth-order valence-electron chi connectivity index (χ4n) is 1.26. The Kier molecular flexibility index (Phi) is 3.67.